The minimum Gasteiger partial charge on any atom is -0.481 e. The topological polar surface area (TPSA) is 99.5 Å². The number of carbonyl (C=O) groups is 2. The van der Waals surface area contributed by atoms with Gasteiger partial charge in [0, 0.05) is 36.6 Å². The van der Waals surface area contributed by atoms with Crippen molar-refractivity contribution in [3.63, 3.8) is 0 Å². The van der Waals surface area contributed by atoms with E-state index in [1.54, 1.807) is 23.7 Å². The maximum absolute atomic E-state index is 13.3. The normalized spacial score (nSPS) is 20.3. The van der Waals surface area contributed by atoms with E-state index in [0.717, 1.165) is 35.9 Å². The van der Waals surface area contributed by atoms with Gasteiger partial charge in [-0.3, -0.25) is 14.5 Å². The number of nitrogens with zero attached hydrogens (tertiary/aromatic N) is 5. The Morgan fingerprint density at radius 1 is 1.10 bits per heavy atom. The fourth-order valence-corrected chi connectivity index (χ4v) is 7.10. The van der Waals surface area contributed by atoms with Gasteiger partial charge in [0.1, 0.15) is 16.5 Å². The van der Waals surface area contributed by atoms with Crippen molar-refractivity contribution < 1.29 is 14.7 Å². The Hall–Kier alpha value is -3.17. The van der Waals surface area contributed by atoms with Crippen molar-refractivity contribution >= 4 is 28.9 Å². The molecule has 218 valence electrons. The Morgan fingerprint density at radius 2 is 1.88 bits per heavy atom. The molecule has 1 aromatic carbocycles. The van der Waals surface area contributed by atoms with Crippen LogP contribution in [0.3, 0.4) is 0 Å². The minimum atomic E-state index is -0.738. The molecule has 0 spiro atoms. The van der Waals surface area contributed by atoms with Crippen LogP contribution in [0.25, 0.3) is 11.3 Å². The maximum Gasteiger partial charge on any atom is 0.306 e. The molecule has 5 rings (SSSR count). The quantitative estimate of drug-likeness (QED) is 0.312. The van der Waals surface area contributed by atoms with Gasteiger partial charge in [-0.15, -0.1) is 11.3 Å². The molecule has 2 saturated heterocycles. The number of aryl methyl sites for hydroxylation is 2. The van der Waals surface area contributed by atoms with Crippen LogP contribution in [0.4, 0.5) is 5.82 Å². The SMILES string of the molecule is CCC1(C)CCCN(Cc2sc(CC(=O)c3cnc(N4CCC(C(=O)O)CC4)cn3)nc2-c2ccc(C)c(C)c2)C1. The summed E-state index contributed by atoms with van der Waals surface area (Å²) >= 11 is 1.64. The highest BCUT2D eigenvalue weighted by molar-refractivity contribution is 7.12. The first-order chi connectivity index (χ1) is 19.6. The molecule has 0 bridgehead atoms. The van der Waals surface area contributed by atoms with Crippen molar-refractivity contribution in [1.82, 2.24) is 19.9 Å². The number of aromatic nitrogens is 3. The lowest BCUT2D eigenvalue weighted by Crippen LogP contribution is -2.40. The van der Waals surface area contributed by atoms with Gasteiger partial charge in [-0.2, -0.15) is 0 Å². The number of piperidine rings is 2. The Labute approximate surface area is 246 Å². The smallest absolute Gasteiger partial charge is 0.306 e. The van der Waals surface area contributed by atoms with Gasteiger partial charge in [0.05, 0.1) is 30.4 Å². The summed E-state index contributed by atoms with van der Waals surface area (Å²) in [6.07, 6.45) is 8.18. The highest BCUT2D eigenvalue weighted by Crippen LogP contribution is 2.36. The fourth-order valence-electron chi connectivity index (χ4n) is 5.96. The molecule has 2 fully saturated rings. The summed E-state index contributed by atoms with van der Waals surface area (Å²) in [5.74, 6) is -0.460. The van der Waals surface area contributed by atoms with E-state index in [9.17, 15) is 14.7 Å². The highest BCUT2D eigenvalue weighted by atomic mass is 32.1. The van der Waals surface area contributed by atoms with Crippen LogP contribution < -0.4 is 4.90 Å². The number of likely N-dealkylation sites (tertiary alicyclic amines) is 1. The molecule has 41 heavy (non-hydrogen) atoms. The third kappa shape index (κ3) is 6.84. The first-order valence-corrected chi connectivity index (χ1v) is 15.6. The first-order valence-electron chi connectivity index (χ1n) is 14.8. The third-order valence-corrected chi connectivity index (χ3v) is 10.0. The number of rotatable bonds is 9. The van der Waals surface area contributed by atoms with Crippen LogP contribution in [0.1, 0.15) is 77.5 Å². The molecule has 0 aliphatic carbocycles. The van der Waals surface area contributed by atoms with Crippen LogP contribution in [0.15, 0.2) is 30.6 Å². The summed E-state index contributed by atoms with van der Waals surface area (Å²) < 4.78 is 0. The summed E-state index contributed by atoms with van der Waals surface area (Å²) in [7, 11) is 0. The standard InChI is InChI=1S/C32H41N5O3S/c1-5-32(4)11-6-12-36(20-32)19-27-30(24-8-7-21(2)22(3)15-24)35-29(41-27)16-26(38)25-17-34-28(18-33-25)37-13-9-23(10-14-37)31(39)40/h7-8,15,17-18,23H,5-6,9-14,16,19-20H2,1-4H3,(H,39,40). The zero-order valence-corrected chi connectivity index (χ0v) is 25.5. The van der Waals surface area contributed by atoms with E-state index >= 15 is 0 Å². The number of benzene rings is 1. The number of aliphatic carboxylic acids is 1. The van der Waals surface area contributed by atoms with E-state index in [2.05, 4.69) is 60.8 Å². The average Bonchev–Trinajstić information content (AvgIpc) is 3.36. The molecule has 0 saturated carbocycles. The van der Waals surface area contributed by atoms with Gasteiger partial charge in [-0.1, -0.05) is 26.0 Å². The van der Waals surface area contributed by atoms with Gasteiger partial charge in [0.25, 0.3) is 0 Å². The number of hydrogen-bond acceptors (Lipinski definition) is 8. The van der Waals surface area contributed by atoms with E-state index < -0.39 is 5.97 Å². The number of carbonyl (C=O) groups excluding carboxylic acids is 1. The van der Waals surface area contributed by atoms with Gasteiger partial charge in [0.2, 0.25) is 0 Å². The van der Waals surface area contributed by atoms with Crippen LogP contribution >= 0.6 is 11.3 Å². The van der Waals surface area contributed by atoms with Crippen molar-refractivity contribution in [2.75, 3.05) is 31.1 Å². The van der Waals surface area contributed by atoms with E-state index in [4.69, 9.17) is 4.98 Å². The lowest BCUT2D eigenvalue weighted by Gasteiger charge is -2.40. The first kappa shape index (κ1) is 29.3. The molecule has 1 atom stereocenters. The van der Waals surface area contributed by atoms with E-state index in [1.165, 1.54) is 35.3 Å². The Kier molecular flexibility index (Phi) is 8.85. The molecular formula is C32H41N5O3S. The fraction of sp³-hybridized carbons (Fsp3) is 0.531. The molecule has 8 nitrogen and oxygen atoms in total. The van der Waals surface area contributed by atoms with Crippen LogP contribution in [0.5, 0.6) is 0 Å². The maximum atomic E-state index is 13.3. The second-order valence-corrected chi connectivity index (χ2v) is 13.3. The van der Waals surface area contributed by atoms with Crippen molar-refractivity contribution in [3.05, 3.63) is 57.3 Å². The molecule has 2 aliphatic heterocycles. The van der Waals surface area contributed by atoms with Crippen molar-refractivity contribution in [2.24, 2.45) is 11.3 Å². The van der Waals surface area contributed by atoms with E-state index in [1.807, 2.05) is 4.90 Å². The van der Waals surface area contributed by atoms with Gasteiger partial charge in [-0.25, -0.2) is 15.0 Å². The summed E-state index contributed by atoms with van der Waals surface area (Å²) in [5, 5.41) is 10.0. The van der Waals surface area contributed by atoms with Crippen LogP contribution in [-0.2, 0) is 17.8 Å². The Morgan fingerprint density at radius 3 is 2.54 bits per heavy atom. The van der Waals surface area contributed by atoms with Crippen molar-refractivity contribution in [3.8, 4) is 11.3 Å². The number of carboxylic acid groups (broad SMARTS) is 1. The second-order valence-electron chi connectivity index (χ2n) is 12.1. The van der Waals surface area contributed by atoms with Crippen molar-refractivity contribution in [2.45, 2.75) is 72.8 Å². The molecule has 2 aliphatic rings. The Balaban J connectivity index is 1.32. The monoisotopic (exact) mass is 575 g/mol. The minimum absolute atomic E-state index is 0.0999. The largest absolute Gasteiger partial charge is 0.481 e. The van der Waals surface area contributed by atoms with Crippen molar-refractivity contribution in [1.29, 1.82) is 0 Å². The number of thiazole rings is 1. The predicted molar refractivity (Wildman–Crippen MR) is 163 cm³/mol. The summed E-state index contributed by atoms with van der Waals surface area (Å²) in [6, 6.07) is 6.49. The average molecular weight is 576 g/mol. The predicted octanol–water partition coefficient (Wildman–Crippen LogP) is 5.96. The molecule has 0 radical (unpaired) electrons. The summed E-state index contributed by atoms with van der Waals surface area (Å²) in [6.45, 7) is 13.2. The van der Waals surface area contributed by atoms with Crippen LogP contribution in [-0.4, -0.2) is 62.9 Å². The molecule has 9 heteroatoms. The van der Waals surface area contributed by atoms with Gasteiger partial charge >= 0.3 is 5.97 Å². The van der Waals surface area contributed by atoms with Gasteiger partial charge < -0.3 is 10.0 Å². The molecule has 1 N–H and O–H groups in total. The lowest BCUT2D eigenvalue weighted by atomic mass is 9.79. The number of Topliss-reactive ketones (excluding diaryl/α,β-unsaturated/α-hetero) is 1. The Bertz CT molecular complexity index is 1400. The van der Waals surface area contributed by atoms with Gasteiger partial charge in [-0.05, 0) is 75.1 Å². The lowest BCUT2D eigenvalue weighted by molar-refractivity contribution is -0.142. The highest BCUT2D eigenvalue weighted by Gasteiger charge is 2.30. The van der Waals surface area contributed by atoms with E-state index in [0.29, 0.717) is 42.9 Å². The molecule has 1 unspecified atom stereocenters. The third-order valence-electron chi connectivity index (χ3n) is 9.01. The summed E-state index contributed by atoms with van der Waals surface area (Å²) in [5.41, 5.74) is 5.25. The zero-order chi connectivity index (χ0) is 29.1. The number of ketones is 1. The molecule has 3 aromatic rings. The summed E-state index contributed by atoms with van der Waals surface area (Å²) in [4.78, 5) is 44.3. The van der Waals surface area contributed by atoms with Crippen LogP contribution in [0, 0.1) is 25.2 Å². The molecular weight excluding hydrogens is 534 g/mol. The van der Waals surface area contributed by atoms with Gasteiger partial charge in [0.15, 0.2) is 5.78 Å². The molecule has 4 heterocycles. The second kappa shape index (κ2) is 12.4. The van der Waals surface area contributed by atoms with Crippen LogP contribution in [0.2, 0.25) is 0 Å². The number of carboxylic acids is 1. The number of hydrogen-bond donors (Lipinski definition) is 1. The zero-order valence-electron chi connectivity index (χ0n) is 24.7. The van der Waals surface area contributed by atoms with E-state index in [-0.39, 0.29) is 18.1 Å². The molecule has 0 amide bonds. The molecule has 2 aromatic heterocycles. The number of anilines is 1.